The Labute approximate surface area is 107 Å². The maximum absolute atomic E-state index is 12.1. The second-order valence-electron chi connectivity index (χ2n) is 4.46. The highest BCUT2D eigenvalue weighted by molar-refractivity contribution is 6.09. The zero-order chi connectivity index (χ0) is 13.0. The Morgan fingerprint density at radius 2 is 2.22 bits per heavy atom. The van der Waals surface area contributed by atoms with E-state index in [4.69, 9.17) is 5.21 Å². The van der Waals surface area contributed by atoms with Crippen LogP contribution in [0.3, 0.4) is 0 Å². The molecule has 4 heteroatoms. The van der Waals surface area contributed by atoms with Gasteiger partial charge in [0.25, 0.3) is 0 Å². The van der Waals surface area contributed by atoms with Crippen LogP contribution in [-0.4, -0.2) is 23.4 Å². The van der Waals surface area contributed by atoms with Crippen molar-refractivity contribution in [2.24, 2.45) is 5.16 Å². The van der Waals surface area contributed by atoms with E-state index < -0.39 is 0 Å². The molecule has 0 aliphatic carbocycles. The second kappa shape index (κ2) is 5.67. The van der Waals surface area contributed by atoms with Crippen LogP contribution in [-0.2, 0) is 4.79 Å². The van der Waals surface area contributed by atoms with E-state index in [1.165, 1.54) is 0 Å². The fraction of sp³-hybridized carbons (Fsp3) is 0.429. The minimum absolute atomic E-state index is 0.143. The van der Waals surface area contributed by atoms with Crippen LogP contribution in [0.5, 0.6) is 0 Å². The Kier molecular flexibility index (Phi) is 3.97. The third kappa shape index (κ3) is 2.37. The number of hydrogen-bond acceptors (Lipinski definition) is 3. The number of carbonyl (C=O) groups excluding carboxylic acids is 1. The van der Waals surface area contributed by atoms with Gasteiger partial charge in [-0.3, -0.25) is 4.79 Å². The van der Waals surface area contributed by atoms with E-state index in [9.17, 15) is 4.79 Å². The summed E-state index contributed by atoms with van der Waals surface area (Å²) in [5.74, 6) is 0.143. The van der Waals surface area contributed by atoms with Gasteiger partial charge < -0.3 is 10.1 Å². The van der Waals surface area contributed by atoms with E-state index in [2.05, 4.69) is 5.16 Å². The first-order valence-electron chi connectivity index (χ1n) is 6.38. The van der Waals surface area contributed by atoms with Gasteiger partial charge in [-0.1, -0.05) is 30.3 Å². The Bertz CT molecular complexity index is 469. The molecule has 18 heavy (non-hydrogen) atoms. The van der Waals surface area contributed by atoms with Gasteiger partial charge in [0.2, 0.25) is 5.91 Å². The highest BCUT2D eigenvalue weighted by Gasteiger charge is 2.23. The highest BCUT2D eigenvalue weighted by Crippen LogP contribution is 2.27. The van der Waals surface area contributed by atoms with Crippen LogP contribution >= 0.6 is 0 Å². The highest BCUT2D eigenvalue weighted by atomic mass is 16.4. The molecule has 0 atom stereocenters. The molecule has 2 rings (SSSR count). The quantitative estimate of drug-likeness (QED) is 0.644. The molecule has 1 aromatic rings. The van der Waals surface area contributed by atoms with Crippen molar-refractivity contribution in [2.75, 3.05) is 11.4 Å². The van der Waals surface area contributed by atoms with Gasteiger partial charge in [0.05, 0.1) is 11.4 Å². The molecule has 1 N–H and O–H groups in total. The van der Waals surface area contributed by atoms with E-state index in [1.807, 2.05) is 36.1 Å². The van der Waals surface area contributed by atoms with Crippen LogP contribution in [0.2, 0.25) is 0 Å². The van der Waals surface area contributed by atoms with Gasteiger partial charge in [0.15, 0.2) is 0 Å². The zero-order valence-corrected chi connectivity index (χ0v) is 10.6. The van der Waals surface area contributed by atoms with Gasteiger partial charge in [0.1, 0.15) is 0 Å². The largest absolute Gasteiger partial charge is 0.411 e. The molecule has 0 fully saturated rings. The van der Waals surface area contributed by atoms with E-state index >= 15 is 0 Å². The van der Waals surface area contributed by atoms with Crippen LogP contribution in [0, 0.1) is 0 Å². The number of fused-ring (bicyclic) bond motifs is 1. The predicted molar refractivity (Wildman–Crippen MR) is 71.3 cm³/mol. The minimum Gasteiger partial charge on any atom is -0.411 e. The van der Waals surface area contributed by atoms with Crippen molar-refractivity contribution >= 4 is 17.3 Å². The first-order valence-corrected chi connectivity index (χ1v) is 6.38. The molecule has 0 radical (unpaired) electrons. The molecule has 0 unspecified atom stereocenters. The van der Waals surface area contributed by atoms with E-state index in [1.54, 1.807) is 0 Å². The number of amides is 1. The lowest BCUT2D eigenvalue weighted by atomic mass is 10.1. The smallest absolute Gasteiger partial charge is 0.226 e. The van der Waals surface area contributed by atoms with E-state index in [0.29, 0.717) is 25.1 Å². The van der Waals surface area contributed by atoms with Crippen LogP contribution in [0.15, 0.2) is 29.4 Å². The number of nitrogens with zero attached hydrogens (tertiary/aromatic N) is 2. The van der Waals surface area contributed by atoms with Crippen molar-refractivity contribution < 1.29 is 10.0 Å². The lowest BCUT2D eigenvalue weighted by Gasteiger charge is -2.22. The van der Waals surface area contributed by atoms with Gasteiger partial charge in [0, 0.05) is 18.5 Å². The number of para-hydroxylation sites is 1. The average Bonchev–Trinajstić information content (AvgIpc) is 2.58. The molecule has 0 saturated heterocycles. The summed E-state index contributed by atoms with van der Waals surface area (Å²) >= 11 is 0. The van der Waals surface area contributed by atoms with Crippen LogP contribution in [0.25, 0.3) is 0 Å². The maximum atomic E-state index is 12.1. The van der Waals surface area contributed by atoms with Crippen molar-refractivity contribution in [1.29, 1.82) is 0 Å². The topological polar surface area (TPSA) is 52.9 Å². The number of rotatable bonds is 2. The fourth-order valence-corrected chi connectivity index (χ4v) is 2.32. The molecule has 1 heterocycles. The summed E-state index contributed by atoms with van der Waals surface area (Å²) in [6, 6.07) is 7.63. The van der Waals surface area contributed by atoms with Gasteiger partial charge in [-0.2, -0.15) is 0 Å². The summed E-state index contributed by atoms with van der Waals surface area (Å²) in [6.45, 7) is 2.69. The normalized spacial score (nSPS) is 17.4. The summed E-state index contributed by atoms with van der Waals surface area (Å²) in [6.07, 6.45) is 2.92. The number of hydrogen-bond donors (Lipinski definition) is 1. The summed E-state index contributed by atoms with van der Waals surface area (Å²) in [5.41, 5.74) is 2.39. The van der Waals surface area contributed by atoms with E-state index in [-0.39, 0.29) is 5.91 Å². The molecule has 96 valence electrons. The molecule has 1 aliphatic heterocycles. The van der Waals surface area contributed by atoms with Crippen molar-refractivity contribution in [2.45, 2.75) is 32.6 Å². The Morgan fingerprint density at radius 3 is 2.94 bits per heavy atom. The van der Waals surface area contributed by atoms with Gasteiger partial charge in [-0.05, 0) is 25.3 Å². The average molecular weight is 246 g/mol. The molecular formula is C14H18N2O2. The molecule has 0 saturated carbocycles. The monoisotopic (exact) mass is 246 g/mol. The number of benzene rings is 1. The predicted octanol–water partition coefficient (Wildman–Crippen LogP) is 2.79. The van der Waals surface area contributed by atoms with Crippen molar-refractivity contribution in [3.8, 4) is 0 Å². The molecule has 0 spiro atoms. The second-order valence-corrected chi connectivity index (χ2v) is 4.46. The third-order valence-electron chi connectivity index (χ3n) is 3.19. The molecular weight excluding hydrogens is 228 g/mol. The van der Waals surface area contributed by atoms with Gasteiger partial charge in [-0.25, -0.2) is 0 Å². The van der Waals surface area contributed by atoms with Crippen molar-refractivity contribution in [1.82, 2.24) is 0 Å². The number of carbonyl (C=O) groups is 1. The SMILES string of the molecule is CCCC(=O)N1CCC/C(=N/O)c2ccccc21. The summed E-state index contributed by atoms with van der Waals surface area (Å²) in [4.78, 5) is 13.9. The van der Waals surface area contributed by atoms with Gasteiger partial charge in [-0.15, -0.1) is 0 Å². The Hall–Kier alpha value is -1.84. The number of oxime groups is 1. The maximum Gasteiger partial charge on any atom is 0.226 e. The molecule has 4 nitrogen and oxygen atoms in total. The fourth-order valence-electron chi connectivity index (χ4n) is 2.32. The molecule has 0 aromatic heterocycles. The summed E-state index contributed by atoms with van der Waals surface area (Å²) in [7, 11) is 0. The summed E-state index contributed by atoms with van der Waals surface area (Å²) in [5, 5.41) is 12.4. The lowest BCUT2D eigenvalue weighted by molar-refractivity contribution is -0.118. The van der Waals surface area contributed by atoms with Crippen molar-refractivity contribution in [3.63, 3.8) is 0 Å². The first-order chi connectivity index (χ1) is 8.77. The van der Waals surface area contributed by atoms with Gasteiger partial charge >= 0.3 is 0 Å². The molecule has 1 aliphatic rings. The van der Waals surface area contributed by atoms with Crippen molar-refractivity contribution in [3.05, 3.63) is 29.8 Å². The zero-order valence-electron chi connectivity index (χ0n) is 10.6. The number of anilines is 1. The lowest BCUT2D eigenvalue weighted by Crippen LogP contribution is -2.31. The Balaban J connectivity index is 2.42. The van der Waals surface area contributed by atoms with Crippen LogP contribution in [0.1, 0.15) is 38.2 Å². The van der Waals surface area contributed by atoms with E-state index in [0.717, 1.165) is 24.1 Å². The summed E-state index contributed by atoms with van der Waals surface area (Å²) < 4.78 is 0. The molecule has 0 bridgehead atoms. The standard InChI is InChI=1S/C14H18N2O2/c1-2-6-14(17)16-10-5-8-12(15-18)11-7-3-4-9-13(11)16/h3-4,7,9,18H,2,5-6,8,10H2,1H3/b15-12-. The molecule has 1 aromatic carbocycles. The minimum atomic E-state index is 0.143. The first kappa shape index (κ1) is 12.6. The third-order valence-corrected chi connectivity index (χ3v) is 3.19. The Morgan fingerprint density at radius 1 is 1.44 bits per heavy atom. The van der Waals surface area contributed by atoms with Crippen LogP contribution < -0.4 is 4.90 Å². The molecule has 1 amide bonds. The van der Waals surface area contributed by atoms with Crippen LogP contribution in [0.4, 0.5) is 5.69 Å².